The molecule has 2 fully saturated rings. The summed E-state index contributed by atoms with van der Waals surface area (Å²) in [6.07, 6.45) is 8.55. The molecule has 0 amide bonds. The molecule has 0 spiro atoms. The van der Waals surface area contributed by atoms with Crippen LogP contribution in [-0.4, -0.2) is 25.3 Å². The maximum Gasteiger partial charge on any atom is 0.0601 e. The number of methoxy groups -OCH3 is 1. The Morgan fingerprint density at radius 2 is 1.71 bits per heavy atom. The molecule has 0 aromatic carbocycles. The van der Waals surface area contributed by atoms with Gasteiger partial charge in [-0.15, -0.1) is 0 Å². The number of hydrogen-bond donors (Lipinski definition) is 1. The number of rotatable bonds is 3. The van der Waals surface area contributed by atoms with Gasteiger partial charge in [0.15, 0.2) is 0 Å². The summed E-state index contributed by atoms with van der Waals surface area (Å²) >= 11 is 0. The second-order valence-electron chi connectivity index (χ2n) is 7.06. The van der Waals surface area contributed by atoms with Crippen molar-refractivity contribution in [2.75, 3.05) is 7.11 Å². The van der Waals surface area contributed by atoms with Crippen LogP contribution in [0.15, 0.2) is 0 Å². The molecule has 2 aliphatic rings. The van der Waals surface area contributed by atoms with Crippen LogP contribution in [0.2, 0.25) is 0 Å². The average molecular weight is 239 g/mol. The van der Waals surface area contributed by atoms with Gasteiger partial charge in [-0.05, 0) is 37.0 Å². The van der Waals surface area contributed by atoms with Crippen molar-refractivity contribution in [2.24, 2.45) is 11.3 Å². The van der Waals surface area contributed by atoms with Crippen LogP contribution >= 0.6 is 0 Å². The molecule has 2 rings (SSSR count). The molecule has 1 N–H and O–H groups in total. The summed E-state index contributed by atoms with van der Waals surface area (Å²) in [4.78, 5) is 0. The van der Waals surface area contributed by atoms with Crippen LogP contribution in [0.4, 0.5) is 0 Å². The molecule has 0 bridgehead atoms. The maximum absolute atomic E-state index is 5.36. The van der Waals surface area contributed by atoms with Gasteiger partial charge in [-0.25, -0.2) is 0 Å². The van der Waals surface area contributed by atoms with Gasteiger partial charge < -0.3 is 10.1 Å². The van der Waals surface area contributed by atoms with Crippen molar-refractivity contribution in [2.45, 2.75) is 77.5 Å². The molecule has 17 heavy (non-hydrogen) atoms. The summed E-state index contributed by atoms with van der Waals surface area (Å²) in [6.45, 7) is 7.20. The van der Waals surface area contributed by atoms with E-state index < -0.39 is 0 Å². The topological polar surface area (TPSA) is 21.3 Å². The van der Waals surface area contributed by atoms with E-state index in [9.17, 15) is 0 Å². The van der Waals surface area contributed by atoms with Gasteiger partial charge in [0.1, 0.15) is 0 Å². The van der Waals surface area contributed by atoms with Crippen LogP contribution < -0.4 is 5.32 Å². The van der Waals surface area contributed by atoms with Crippen LogP contribution in [0.3, 0.4) is 0 Å². The fourth-order valence-corrected chi connectivity index (χ4v) is 3.56. The Balaban J connectivity index is 1.85. The first-order chi connectivity index (χ1) is 8.00. The Bertz CT molecular complexity index is 240. The normalized spacial score (nSPS) is 38.8. The van der Waals surface area contributed by atoms with Gasteiger partial charge in [0.2, 0.25) is 0 Å². The highest BCUT2D eigenvalue weighted by Crippen LogP contribution is 2.39. The van der Waals surface area contributed by atoms with E-state index in [1.165, 1.54) is 38.5 Å². The molecule has 2 aliphatic carbocycles. The fraction of sp³-hybridized carbons (Fsp3) is 1.00. The highest BCUT2D eigenvalue weighted by Gasteiger charge is 2.37. The molecule has 2 saturated carbocycles. The molecule has 2 unspecified atom stereocenters. The zero-order valence-corrected chi connectivity index (χ0v) is 12.0. The number of hydrogen-bond acceptors (Lipinski definition) is 2. The first kappa shape index (κ1) is 13.4. The lowest BCUT2D eigenvalue weighted by molar-refractivity contribution is 0.00458. The lowest BCUT2D eigenvalue weighted by Gasteiger charge is -2.45. The van der Waals surface area contributed by atoms with E-state index in [0.29, 0.717) is 17.6 Å². The van der Waals surface area contributed by atoms with E-state index in [4.69, 9.17) is 4.74 Å². The van der Waals surface area contributed by atoms with E-state index in [1.807, 2.05) is 7.11 Å². The van der Waals surface area contributed by atoms with Gasteiger partial charge in [0.05, 0.1) is 6.10 Å². The summed E-state index contributed by atoms with van der Waals surface area (Å²) in [5.41, 5.74) is 0.447. The van der Waals surface area contributed by atoms with Gasteiger partial charge >= 0.3 is 0 Å². The SMILES string of the molecule is COC1CC(NC2CCCCC2C(C)(C)C)C1. The van der Waals surface area contributed by atoms with Crippen molar-refractivity contribution in [1.29, 1.82) is 0 Å². The van der Waals surface area contributed by atoms with Gasteiger partial charge in [0.25, 0.3) is 0 Å². The molecule has 0 aromatic heterocycles. The summed E-state index contributed by atoms with van der Waals surface area (Å²) in [5, 5.41) is 3.90. The zero-order chi connectivity index (χ0) is 12.5. The van der Waals surface area contributed by atoms with Gasteiger partial charge in [0, 0.05) is 19.2 Å². The highest BCUT2D eigenvalue weighted by atomic mass is 16.5. The lowest BCUT2D eigenvalue weighted by atomic mass is 9.69. The van der Waals surface area contributed by atoms with E-state index in [1.54, 1.807) is 0 Å². The molecule has 0 saturated heterocycles. The largest absolute Gasteiger partial charge is 0.381 e. The van der Waals surface area contributed by atoms with E-state index in [0.717, 1.165) is 12.0 Å². The van der Waals surface area contributed by atoms with Crippen LogP contribution in [0.5, 0.6) is 0 Å². The third kappa shape index (κ3) is 3.23. The maximum atomic E-state index is 5.36. The van der Waals surface area contributed by atoms with Crippen LogP contribution in [-0.2, 0) is 4.74 Å². The Morgan fingerprint density at radius 3 is 2.29 bits per heavy atom. The van der Waals surface area contributed by atoms with Crippen molar-refractivity contribution in [3.05, 3.63) is 0 Å². The monoisotopic (exact) mass is 239 g/mol. The molecule has 0 aromatic rings. The second-order valence-corrected chi connectivity index (χ2v) is 7.06. The molecule has 0 heterocycles. The zero-order valence-electron chi connectivity index (χ0n) is 12.0. The summed E-state index contributed by atoms with van der Waals surface area (Å²) < 4.78 is 5.36. The van der Waals surface area contributed by atoms with E-state index in [2.05, 4.69) is 26.1 Å². The van der Waals surface area contributed by atoms with Crippen LogP contribution in [0, 0.1) is 11.3 Å². The molecule has 100 valence electrons. The van der Waals surface area contributed by atoms with Crippen molar-refractivity contribution in [3.8, 4) is 0 Å². The third-order valence-corrected chi connectivity index (χ3v) is 4.76. The molecule has 2 heteroatoms. The van der Waals surface area contributed by atoms with Gasteiger partial charge in [-0.2, -0.15) is 0 Å². The predicted molar refractivity (Wildman–Crippen MR) is 72.2 cm³/mol. The Labute approximate surface area is 107 Å². The summed E-state index contributed by atoms with van der Waals surface area (Å²) in [6, 6.07) is 1.46. The first-order valence-electron chi connectivity index (χ1n) is 7.29. The quantitative estimate of drug-likeness (QED) is 0.815. The van der Waals surface area contributed by atoms with Crippen molar-refractivity contribution in [3.63, 3.8) is 0 Å². The molecule has 2 atom stereocenters. The molecular formula is C15H29NO. The Kier molecular flexibility index (Phi) is 4.14. The second kappa shape index (κ2) is 5.27. The Morgan fingerprint density at radius 1 is 1.06 bits per heavy atom. The van der Waals surface area contributed by atoms with Gasteiger partial charge in [-0.3, -0.25) is 0 Å². The summed E-state index contributed by atoms with van der Waals surface area (Å²) in [5.74, 6) is 0.845. The average Bonchev–Trinajstić information content (AvgIpc) is 2.22. The lowest BCUT2D eigenvalue weighted by Crippen LogP contribution is -2.53. The molecule has 0 aliphatic heterocycles. The fourth-order valence-electron chi connectivity index (χ4n) is 3.56. The first-order valence-corrected chi connectivity index (χ1v) is 7.29. The summed E-state index contributed by atoms with van der Waals surface area (Å²) in [7, 11) is 1.83. The van der Waals surface area contributed by atoms with Crippen molar-refractivity contribution in [1.82, 2.24) is 5.32 Å². The molecular weight excluding hydrogens is 210 g/mol. The highest BCUT2D eigenvalue weighted by molar-refractivity contribution is 4.94. The molecule has 2 nitrogen and oxygen atoms in total. The van der Waals surface area contributed by atoms with Crippen LogP contribution in [0.25, 0.3) is 0 Å². The van der Waals surface area contributed by atoms with E-state index in [-0.39, 0.29) is 0 Å². The van der Waals surface area contributed by atoms with Crippen molar-refractivity contribution >= 4 is 0 Å². The minimum atomic E-state index is 0.447. The van der Waals surface area contributed by atoms with E-state index >= 15 is 0 Å². The minimum Gasteiger partial charge on any atom is -0.381 e. The third-order valence-electron chi connectivity index (χ3n) is 4.76. The minimum absolute atomic E-state index is 0.447. The molecule has 0 radical (unpaired) electrons. The smallest absolute Gasteiger partial charge is 0.0601 e. The van der Waals surface area contributed by atoms with Gasteiger partial charge in [-0.1, -0.05) is 33.6 Å². The van der Waals surface area contributed by atoms with Crippen molar-refractivity contribution < 1.29 is 4.74 Å². The Hall–Kier alpha value is -0.0800. The number of nitrogens with one attached hydrogen (secondary N) is 1. The standard InChI is InChI=1S/C15H29NO/c1-15(2,3)13-7-5-6-8-14(13)16-11-9-12(10-11)17-4/h11-14,16H,5-10H2,1-4H3. The van der Waals surface area contributed by atoms with Crippen LogP contribution in [0.1, 0.15) is 59.3 Å². The number of ether oxygens (including phenoxy) is 1. The predicted octanol–water partition coefficient (Wildman–Crippen LogP) is 3.36.